The van der Waals surface area contributed by atoms with Crippen LogP contribution in [0.1, 0.15) is 11.1 Å². The molecule has 0 aliphatic heterocycles. The van der Waals surface area contributed by atoms with Crippen molar-refractivity contribution in [3.63, 3.8) is 0 Å². The first-order chi connectivity index (χ1) is 10.1. The van der Waals surface area contributed by atoms with Crippen LogP contribution in [0.15, 0.2) is 48.5 Å². The van der Waals surface area contributed by atoms with Gasteiger partial charge < -0.3 is 10.2 Å². The van der Waals surface area contributed by atoms with Gasteiger partial charge in [0.25, 0.3) is 0 Å². The predicted molar refractivity (Wildman–Crippen MR) is 86.9 cm³/mol. The molecule has 0 unspecified atom stereocenters. The molecule has 0 aliphatic carbocycles. The van der Waals surface area contributed by atoms with Crippen LogP contribution in [0.3, 0.4) is 0 Å². The van der Waals surface area contributed by atoms with Crippen LogP contribution in [0.5, 0.6) is 0 Å². The Bertz CT molecular complexity index is 560. The molecule has 0 amide bonds. The Balaban J connectivity index is 2.30. The molecule has 2 nitrogen and oxygen atoms in total. The number of benzene rings is 2. The van der Waals surface area contributed by atoms with Gasteiger partial charge in [0.2, 0.25) is 0 Å². The Labute approximate surface area is 135 Å². The van der Waals surface area contributed by atoms with E-state index in [0.29, 0.717) is 22.9 Å². The smallest absolute Gasteiger partial charge is 0.0515 e. The molecule has 0 saturated heterocycles. The molecular weight excluding hydrogens is 307 g/mol. The van der Waals surface area contributed by atoms with Crippen LogP contribution >= 0.6 is 23.2 Å². The van der Waals surface area contributed by atoms with Crippen LogP contribution in [0.2, 0.25) is 10.0 Å². The lowest BCUT2D eigenvalue weighted by molar-refractivity contribution is 0.0548. The van der Waals surface area contributed by atoms with E-state index in [1.54, 1.807) is 18.2 Å². The van der Waals surface area contributed by atoms with Crippen LogP contribution < -0.4 is 0 Å². The van der Waals surface area contributed by atoms with E-state index in [2.05, 4.69) is 0 Å². The topological polar surface area (TPSA) is 40.5 Å². The van der Waals surface area contributed by atoms with Crippen LogP contribution in [0.4, 0.5) is 0 Å². The van der Waals surface area contributed by atoms with Crippen molar-refractivity contribution in [3.05, 3.63) is 69.7 Å². The first-order valence-corrected chi connectivity index (χ1v) is 7.54. The standard InChI is InChI=1S/C17H18Cl2O2/c18-15-7-4-8-16(19)14(15)10-17(11-20,12-21)9-13-5-2-1-3-6-13/h1-8,20-21H,9-12H2. The molecule has 0 fully saturated rings. The summed E-state index contributed by atoms with van der Waals surface area (Å²) in [4.78, 5) is 0. The molecule has 21 heavy (non-hydrogen) atoms. The number of aliphatic hydroxyl groups is 2. The van der Waals surface area contributed by atoms with Gasteiger partial charge in [-0.15, -0.1) is 0 Å². The van der Waals surface area contributed by atoms with Crippen LogP contribution in [0, 0.1) is 5.41 Å². The molecule has 0 spiro atoms. The quantitative estimate of drug-likeness (QED) is 0.849. The van der Waals surface area contributed by atoms with Gasteiger partial charge in [-0.2, -0.15) is 0 Å². The molecule has 2 aromatic carbocycles. The SMILES string of the molecule is OCC(CO)(Cc1ccccc1)Cc1c(Cl)cccc1Cl. The van der Waals surface area contributed by atoms with E-state index in [1.807, 2.05) is 30.3 Å². The lowest BCUT2D eigenvalue weighted by Gasteiger charge is -2.31. The predicted octanol–water partition coefficient (Wildman–Crippen LogP) is 3.75. The Kier molecular flexibility index (Phi) is 5.65. The van der Waals surface area contributed by atoms with E-state index in [4.69, 9.17) is 23.2 Å². The molecule has 0 aromatic heterocycles. The maximum Gasteiger partial charge on any atom is 0.0515 e. The zero-order valence-electron chi connectivity index (χ0n) is 11.6. The summed E-state index contributed by atoms with van der Waals surface area (Å²) in [6.07, 6.45) is 0.982. The molecular formula is C17H18Cl2O2. The number of aliphatic hydroxyl groups excluding tert-OH is 2. The minimum Gasteiger partial charge on any atom is -0.396 e. The van der Waals surface area contributed by atoms with E-state index in [0.717, 1.165) is 11.1 Å². The number of hydrogen-bond donors (Lipinski definition) is 2. The maximum absolute atomic E-state index is 9.83. The van der Waals surface area contributed by atoms with Crippen molar-refractivity contribution < 1.29 is 10.2 Å². The van der Waals surface area contributed by atoms with Gasteiger partial charge in [-0.1, -0.05) is 59.6 Å². The number of halogens is 2. The van der Waals surface area contributed by atoms with Crippen molar-refractivity contribution in [2.45, 2.75) is 12.8 Å². The van der Waals surface area contributed by atoms with Crippen LogP contribution in [-0.4, -0.2) is 23.4 Å². The van der Waals surface area contributed by atoms with Crippen molar-refractivity contribution in [3.8, 4) is 0 Å². The zero-order chi connectivity index (χ0) is 15.3. The van der Waals surface area contributed by atoms with E-state index >= 15 is 0 Å². The van der Waals surface area contributed by atoms with Crippen LogP contribution in [0.25, 0.3) is 0 Å². The first-order valence-electron chi connectivity index (χ1n) is 6.79. The lowest BCUT2D eigenvalue weighted by atomic mass is 9.78. The molecule has 0 saturated carbocycles. The summed E-state index contributed by atoms with van der Waals surface area (Å²) >= 11 is 12.4. The average Bonchev–Trinajstić information content (AvgIpc) is 2.51. The summed E-state index contributed by atoms with van der Waals surface area (Å²) in [5.74, 6) is 0. The largest absolute Gasteiger partial charge is 0.396 e. The Morgan fingerprint density at radius 1 is 0.762 bits per heavy atom. The van der Waals surface area contributed by atoms with Crippen molar-refractivity contribution >= 4 is 23.2 Å². The Hall–Kier alpha value is -1.06. The van der Waals surface area contributed by atoms with Crippen molar-refractivity contribution in [1.82, 2.24) is 0 Å². The molecule has 0 atom stereocenters. The average molecular weight is 325 g/mol. The van der Waals surface area contributed by atoms with E-state index in [9.17, 15) is 10.2 Å². The summed E-state index contributed by atoms with van der Waals surface area (Å²) in [7, 11) is 0. The van der Waals surface area contributed by atoms with E-state index in [1.165, 1.54) is 0 Å². The van der Waals surface area contributed by atoms with Gasteiger partial charge in [-0.25, -0.2) is 0 Å². The van der Waals surface area contributed by atoms with Crippen LogP contribution in [-0.2, 0) is 12.8 Å². The highest BCUT2D eigenvalue weighted by Crippen LogP contribution is 2.34. The molecule has 112 valence electrons. The van der Waals surface area contributed by atoms with Crippen molar-refractivity contribution in [2.75, 3.05) is 13.2 Å². The third-order valence-corrected chi connectivity index (χ3v) is 4.41. The highest BCUT2D eigenvalue weighted by molar-refractivity contribution is 6.36. The third kappa shape index (κ3) is 3.98. The zero-order valence-corrected chi connectivity index (χ0v) is 13.1. The normalized spacial score (nSPS) is 11.6. The minimum atomic E-state index is -0.685. The van der Waals surface area contributed by atoms with Crippen molar-refractivity contribution in [2.24, 2.45) is 5.41 Å². The summed E-state index contributed by atoms with van der Waals surface area (Å²) in [5, 5.41) is 20.8. The van der Waals surface area contributed by atoms with Gasteiger partial charge in [-0.05, 0) is 36.1 Å². The van der Waals surface area contributed by atoms with Crippen molar-refractivity contribution in [1.29, 1.82) is 0 Å². The molecule has 4 heteroatoms. The summed E-state index contributed by atoms with van der Waals surface area (Å²) in [5.41, 5.74) is 1.14. The van der Waals surface area contributed by atoms with Gasteiger partial charge >= 0.3 is 0 Å². The Morgan fingerprint density at radius 2 is 1.33 bits per heavy atom. The lowest BCUT2D eigenvalue weighted by Crippen LogP contribution is -2.35. The molecule has 0 bridgehead atoms. The van der Waals surface area contributed by atoms with Gasteiger partial charge in [0.15, 0.2) is 0 Å². The number of rotatable bonds is 6. The van der Waals surface area contributed by atoms with Gasteiger partial charge in [0, 0.05) is 15.5 Å². The molecule has 0 radical (unpaired) electrons. The second-order valence-corrected chi connectivity index (χ2v) is 6.17. The first kappa shape index (κ1) is 16.3. The highest BCUT2D eigenvalue weighted by atomic mass is 35.5. The molecule has 0 aliphatic rings. The van der Waals surface area contributed by atoms with E-state index < -0.39 is 5.41 Å². The second kappa shape index (κ2) is 7.28. The van der Waals surface area contributed by atoms with Gasteiger partial charge in [0.05, 0.1) is 13.2 Å². The minimum absolute atomic E-state index is 0.139. The van der Waals surface area contributed by atoms with E-state index in [-0.39, 0.29) is 13.2 Å². The summed E-state index contributed by atoms with van der Waals surface area (Å²) in [6, 6.07) is 15.1. The number of hydrogen-bond acceptors (Lipinski definition) is 2. The molecule has 0 heterocycles. The monoisotopic (exact) mass is 324 g/mol. The fraction of sp³-hybridized carbons (Fsp3) is 0.294. The molecule has 2 N–H and O–H groups in total. The summed E-state index contributed by atoms with van der Waals surface area (Å²) < 4.78 is 0. The van der Waals surface area contributed by atoms with Gasteiger partial charge in [-0.3, -0.25) is 0 Å². The fourth-order valence-electron chi connectivity index (χ4n) is 2.44. The maximum atomic E-state index is 9.83. The Morgan fingerprint density at radius 3 is 1.86 bits per heavy atom. The third-order valence-electron chi connectivity index (χ3n) is 3.71. The second-order valence-electron chi connectivity index (χ2n) is 5.36. The van der Waals surface area contributed by atoms with Gasteiger partial charge in [0.1, 0.15) is 0 Å². The molecule has 2 rings (SSSR count). The summed E-state index contributed by atoms with van der Waals surface area (Å²) in [6.45, 7) is -0.278. The fourth-order valence-corrected chi connectivity index (χ4v) is 2.97. The highest BCUT2D eigenvalue weighted by Gasteiger charge is 2.31. The molecule has 2 aromatic rings.